The molecule has 0 aliphatic heterocycles. The van der Waals surface area contributed by atoms with E-state index in [1.165, 1.54) is 0 Å². The van der Waals surface area contributed by atoms with E-state index in [1.54, 1.807) is 17.4 Å². The number of aliphatic carboxylic acids is 1. The van der Waals surface area contributed by atoms with E-state index < -0.39 is 5.97 Å². The lowest BCUT2D eigenvalue weighted by Gasteiger charge is -2.12. The molecule has 4 aromatic rings. The molecule has 6 heteroatoms. The predicted octanol–water partition coefficient (Wildman–Crippen LogP) is 6.85. The molecule has 0 bridgehead atoms. The Bertz CT molecular complexity index is 1260. The topological polar surface area (TPSA) is 55.1 Å². The van der Waals surface area contributed by atoms with E-state index in [4.69, 9.17) is 16.6 Å². The third-order valence-electron chi connectivity index (χ3n) is 5.47. The minimum atomic E-state index is -0.904. The standard InChI is InChI=1S/C26H25ClN2O2S/c1-2-3-13-24-28-23-12-6-9-18(15-20(26(30)31)16-21-10-7-14-32-21)25(23)29(24)17-19-8-4-5-11-22(19)27/h4-12,14-15H,2-3,13,16-17H2,1H3,(H,30,31). The van der Waals surface area contributed by atoms with Gasteiger partial charge >= 0.3 is 5.97 Å². The molecule has 0 fully saturated rings. The Morgan fingerprint density at radius 2 is 2.00 bits per heavy atom. The van der Waals surface area contributed by atoms with Gasteiger partial charge in [-0.05, 0) is 41.6 Å². The minimum absolute atomic E-state index is 0.362. The van der Waals surface area contributed by atoms with Crippen LogP contribution in [-0.2, 0) is 24.2 Å². The first-order valence-corrected chi connectivity index (χ1v) is 12.0. The van der Waals surface area contributed by atoms with Crippen LogP contribution in [0.2, 0.25) is 5.02 Å². The Labute approximate surface area is 196 Å². The summed E-state index contributed by atoms with van der Waals surface area (Å²) in [6.45, 7) is 2.76. The van der Waals surface area contributed by atoms with Gasteiger partial charge in [-0.25, -0.2) is 9.78 Å². The number of nitrogens with zero attached hydrogens (tertiary/aromatic N) is 2. The molecule has 164 valence electrons. The summed E-state index contributed by atoms with van der Waals surface area (Å²) < 4.78 is 2.20. The number of halogens is 1. The second kappa shape index (κ2) is 10.2. The van der Waals surface area contributed by atoms with Crippen molar-refractivity contribution >= 4 is 46.0 Å². The van der Waals surface area contributed by atoms with Gasteiger partial charge in [0.1, 0.15) is 5.82 Å². The second-order valence-electron chi connectivity index (χ2n) is 7.75. The maximum atomic E-state index is 12.0. The molecule has 0 aliphatic rings. The quantitative estimate of drug-likeness (QED) is 0.275. The monoisotopic (exact) mass is 464 g/mol. The summed E-state index contributed by atoms with van der Waals surface area (Å²) in [6.07, 6.45) is 5.16. The molecule has 32 heavy (non-hydrogen) atoms. The van der Waals surface area contributed by atoms with Crippen molar-refractivity contribution < 1.29 is 9.90 Å². The number of thiophene rings is 1. The first kappa shape index (κ1) is 22.3. The summed E-state index contributed by atoms with van der Waals surface area (Å²) in [5, 5.41) is 12.5. The average Bonchev–Trinajstić information content (AvgIpc) is 3.41. The maximum Gasteiger partial charge on any atom is 0.331 e. The summed E-state index contributed by atoms with van der Waals surface area (Å²) in [6, 6.07) is 17.6. The lowest BCUT2D eigenvalue weighted by molar-refractivity contribution is -0.132. The Hall–Kier alpha value is -2.89. The lowest BCUT2D eigenvalue weighted by Crippen LogP contribution is -2.07. The zero-order valence-corrected chi connectivity index (χ0v) is 19.5. The normalized spacial score (nSPS) is 11.9. The number of benzene rings is 2. The van der Waals surface area contributed by atoms with Gasteiger partial charge in [0, 0.05) is 33.9 Å². The molecule has 0 saturated heterocycles. The zero-order valence-electron chi connectivity index (χ0n) is 17.9. The van der Waals surface area contributed by atoms with Crippen LogP contribution in [0, 0.1) is 0 Å². The number of aromatic nitrogens is 2. The number of unbranched alkanes of at least 4 members (excludes halogenated alkanes) is 1. The van der Waals surface area contributed by atoms with Crippen molar-refractivity contribution in [1.82, 2.24) is 9.55 Å². The number of hydrogen-bond acceptors (Lipinski definition) is 3. The molecule has 0 saturated carbocycles. The molecule has 2 aromatic heterocycles. The number of imidazole rings is 1. The lowest BCUT2D eigenvalue weighted by atomic mass is 10.1. The van der Waals surface area contributed by atoms with Gasteiger partial charge in [0.15, 0.2) is 0 Å². The van der Waals surface area contributed by atoms with Crippen molar-refractivity contribution in [2.75, 3.05) is 0 Å². The van der Waals surface area contributed by atoms with Gasteiger partial charge in [-0.1, -0.05) is 61.3 Å². The van der Waals surface area contributed by atoms with Crippen LogP contribution in [-0.4, -0.2) is 20.6 Å². The molecule has 4 nitrogen and oxygen atoms in total. The van der Waals surface area contributed by atoms with Crippen LogP contribution in [0.3, 0.4) is 0 Å². The Balaban J connectivity index is 1.85. The molecule has 0 atom stereocenters. The largest absolute Gasteiger partial charge is 0.478 e. The van der Waals surface area contributed by atoms with Crippen LogP contribution in [0.5, 0.6) is 0 Å². The highest BCUT2D eigenvalue weighted by Crippen LogP contribution is 2.27. The maximum absolute atomic E-state index is 12.0. The first-order valence-electron chi connectivity index (χ1n) is 10.7. The van der Waals surface area contributed by atoms with Crippen molar-refractivity contribution in [3.63, 3.8) is 0 Å². The molecule has 4 rings (SSSR count). The number of para-hydroxylation sites is 1. The fourth-order valence-electron chi connectivity index (χ4n) is 3.85. The van der Waals surface area contributed by atoms with Crippen LogP contribution in [0.4, 0.5) is 0 Å². The highest BCUT2D eigenvalue weighted by Gasteiger charge is 2.17. The number of carbonyl (C=O) groups is 1. The van der Waals surface area contributed by atoms with Crippen molar-refractivity contribution in [3.05, 3.63) is 92.4 Å². The van der Waals surface area contributed by atoms with Crippen molar-refractivity contribution in [3.8, 4) is 0 Å². The zero-order chi connectivity index (χ0) is 22.5. The fourth-order valence-corrected chi connectivity index (χ4v) is 4.77. The van der Waals surface area contributed by atoms with E-state index in [0.717, 1.165) is 52.1 Å². The van der Waals surface area contributed by atoms with E-state index in [9.17, 15) is 9.90 Å². The van der Waals surface area contributed by atoms with E-state index in [-0.39, 0.29) is 0 Å². The van der Waals surface area contributed by atoms with E-state index in [1.807, 2.05) is 60.0 Å². The molecule has 2 aromatic carbocycles. The number of aryl methyl sites for hydroxylation is 1. The highest BCUT2D eigenvalue weighted by atomic mass is 35.5. The SMILES string of the molecule is CCCCc1nc2cccc(C=C(Cc3cccs3)C(=O)O)c2n1Cc1ccccc1Cl. The van der Waals surface area contributed by atoms with Crippen molar-refractivity contribution in [2.24, 2.45) is 0 Å². The highest BCUT2D eigenvalue weighted by molar-refractivity contribution is 7.09. The van der Waals surface area contributed by atoms with E-state index in [2.05, 4.69) is 11.5 Å². The average molecular weight is 465 g/mol. The number of rotatable bonds is 9. The smallest absolute Gasteiger partial charge is 0.331 e. The number of hydrogen-bond donors (Lipinski definition) is 1. The number of carboxylic acids is 1. The molecule has 1 N–H and O–H groups in total. The molecular formula is C26H25ClN2O2S. The minimum Gasteiger partial charge on any atom is -0.478 e. The predicted molar refractivity (Wildman–Crippen MR) is 133 cm³/mol. The van der Waals surface area contributed by atoms with E-state index in [0.29, 0.717) is 23.6 Å². The summed E-state index contributed by atoms with van der Waals surface area (Å²) in [4.78, 5) is 18.0. The van der Waals surface area contributed by atoms with Crippen molar-refractivity contribution in [2.45, 2.75) is 39.2 Å². The van der Waals surface area contributed by atoms with Crippen LogP contribution in [0.25, 0.3) is 17.1 Å². The van der Waals surface area contributed by atoms with Gasteiger partial charge in [0.25, 0.3) is 0 Å². The Morgan fingerprint density at radius 1 is 1.16 bits per heavy atom. The van der Waals surface area contributed by atoms with Gasteiger partial charge in [-0.15, -0.1) is 11.3 Å². The van der Waals surface area contributed by atoms with Gasteiger partial charge in [0.05, 0.1) is 17.6 Å². The van der Waals surface area contributed by atoms with Crippen LogP contribution in [0.15, 0.2) is 65.6 Å². The molecule has 0 radical (unpaired) electrons. The third-order valence-corrected chi connectivity index (χ3v) is 6.71. The summed E-state index contributed by atoms with van der Waals surface area (Å²) in [7, 11) is 0. The number of fused-ring (bicyclic) bond motifs is 1. The first-order chi connectivity index (χ1) is 15.6. The van der Waals surface area contributed by atoms with Crippen LogP contribution < -0.4 is 0 Å². The van der Waals surface area contributed by atoms with Crippen molar-refractivity contribution in [1.29, 1.82) is 0 Å². The third kappa shape index (κ3) is 4.95. The Morgan fingerprint density at radius 3 is 2.72 bits per heavy atom. The molecular weight excluding hydrogens is 440 g/mol. The van der Waals surface area contributed by atoms with Gasteiger partial charge in [-0.3, -0.25) is 0 Å². The Kier molecular flexibility index (Phi) is 7.08. The molecule has 0 unspecified atom stereocenters. The molecule has 0 aliphatic carbocycles. The summed E-state index contributed by atoms with van der Waals surface area (Å²) in [5.41, 5.74) is 4.06. The second-order valence-corrected chi connectivity index (χ2v) is 9.19. The number of carboxylic acid groups (broad SMARTS) is 1. The van der Waals surface area contributed by atoms with Gasteiger partial charge in [0.2, 0.25) is 0 Å². The fraction of sp³-hybridized carbons (Fsp3) is 0.231. The molecule has 2 heterocycles. The van der Waals surface area contributed by atoms with Gasteiger partial charge < -0.3 is 9.67 Å². The molecule has 0 amide bonds. The van der Waals surface area contributed by atoms with Crippen LogP contribution in [0.1, 0.15) is 41.6 Å². The van der Waals surface area contributed by atoms with Gasteiger partial charge in [-0.2, -0.15) is 0 Å². The van der Waals surface area contributed by atoms with Crippen LogP contribution >= 0.6 is 22.9 Å². The molecule has 0 spiro atoms. The van der Waals surface area contributed by atoms with E-state index >= 15 is 0 Å². The summed E-state index contributed by atoms with van der Waals surface area (Å²) in [5.74, 6) is 0.0940. The summed E-state index contributed by atoms with van der Waals surface area (Å²) >= 11 is 8.04.